The number of carbonyl (C=O) groups is 1. The second-order valence-electron chi connectivity index (χ2n) is 7.14. The number of unbranched alkanes of at least 4 members (excludes halogenated alkanes) is 9. The lowest BCUT2D eigenvalue weighted by molar-refractivity contribution is -0.528. The summed E-state index contributed by atoms with van der Waals surface area (Å²) in [4.78, 5) is 13.0. The lowest BCUT2D eigenvalue weighted by Crippen LogP contribution is -2.37. The number of nitrogens with zero attached hydrogens (tertiary/aromatic N) is 2. The van der Waals surface area contributed by atoms with E-state index in [1.165, 1.54) is 64.2 Å². The zero-order valence-corrected chi connectivity index (χ0v) is 16.3. The number of carboxylic acids is 1. The highest BCUT2D eigenvalue weighted by Crippen LogP contribution is 2.11. The molecule has 25 heavy (non-hydrogen) atoms. The summed E-state index contributed by atoms with van der Waals surface area (Å²) in [6.07, 6.45) is 14.4. The third-order valence-electron chi connectivity index (χ3n) is 4.83. The number of carboxylic acid groups (broad SMARTS) is 1. The summed E-state index contributed by atoms with van der Waals surface area (Å²) in [6.45, 7) is 6.78. The van der Waals surface area contributed by atoms with E-state index in [9.17, 15) is 9.90 Å². The zero-order chi connectivity index (χ0) is 18.3. The van der Waals surface area contributed by atoms with Gasteiger partial charge in [-0.25, -0.2) is 4.58 Å². The fraction of sp³-hybridized carbons (Fsp3) is 0.810. The summed E-state index contributed by atoms with van der Waals surface area (Å²) < 4.78 is 1.81. The molecule has 1 aliphatic heterocycles. The molecule has 0 aromatic rings. The molecule has 0 bridgehead atoms. The highest BCUT2D eigenvalue weighted by molar-refractivity contribution is 5.94. The van der Waals surface area contributed by atoms with E-state index in [4.69, 9.17) is 0 Å². The molecule has 0 N–H and O–H groups in total. The van der Waals surface area contributed by atoms with E-state index in [1.807, 2.05) is 6.92 Å². The monoisotopic (exact) mass is 348 g/mol. The van der Waals surface area contributed by atoms with Gasteiger partial charge in [-0.2, -0.15) is 0 Å². The Balaban J connectivity index is 2.15. The average molecular weight is 349 g/mol. The predicted molar refractivity (Wildman–Crippen MR) is 101 cm³/mol. The Bertz CT molecular complexity index is 474. The summed E-state index contributed by atoms with van der Waals surface area (Å²) >= 11 is 0. The molecule has 0 aliphatic carbocycles. The Kier molecular flexibility index (Phi) is 11.9. The largest absolute Gasteiger partial charge is 0.544 e. The van der Waals surface area contributed by atoms with Crippen LogP contribution in [0.4, 0.5) is 0 Å². The Hall–Kier alpha value is -1.50. The first-order valence-corrected chi connectivity index (χ1v) is 10.2. The molecular weight excluding hydrogens is 312 g/mol. The lowest BCUT2D eigenvalue weighted by atomic mass is 10.1. The molecule has 4 heteroatoms. The van der Waals surface area contributed by atoms with E-state index in [1.54, 1.807) is 4.58 Å². The molecule has 0 atom stereocenters. The van der Waals surface area contributed by atoms with Gasteiger partial charge in [0, 0.05) is 38.4 Å². The topological polar surface area (TPSA) is 46.4 Å². The lowest BCUT2D eigenvalue weighted by Gasteiger charge is -2.18. The molecule has 0 aromatic carbocycles. The fourth-order valence-corrected chi connectivity index (χ4v) is 3.23. The summed E-state index contributed by atoms with van der Waals surface area (Å²) in [5, 5.41) is 10.8. The molecule has 142 valence electrons. The summed E-state index contributed by atoms with van der Waals surface area (Å²) in [6, 6.07) is 3.20. The van der Waals surface area contributed by atoms with E-state index in [2.05, 4.69) is 23.8 Å². The molecule has 0 spiro atoms. The van der Waals surface area contributed by atoms with Gasteiger partial charge in [-0.05, 0) is 6.42 Å². The second-order valence-corrected chi connectivity index (χ2v) is 7.14. The molecule has 0 saturated heterocycles. The first kappa shape index (κ1) is 21.5. The molecule has 0 amide bonds. The molecular formula is C21H36N2O2. The highest BCUT2D eigenvalue weighted by atomic mass is 16.4. The predicted octanol–water partition coefficient (Wildman–Crippen LogP) is 2.80. The first-order chi connectivity index (χ1) is 12.1. The van der Waals surface area contributed by atoms with Gasteiger partial charge in [0.1, 0.15) is 12.5 Å². The van der Waals surface area contributed by atoms with Crippen LogP contribution in [0.3, 0.4) is 0 Å². The summed E-state index contributed by atoms with van der Waals surface area (Å²) in [5.74, 6) is 2.06. The van der Waals surface area contributed by atoms with Gasteiger partial charge in [-0.1, -0.05) is 64.7 Å². The molecule has 0 fully saturated rings. The third-order valence-corrected chi connectivity index (χ3v) is 4.83. The van der Waals surface area contributed by atoms with Crippen LogP contribution in [0.1, 0.15) is 84.5 Å². The van der Waals surface area contributed by atoms with Gasteiger partial charge >= 0.3 is 0 Å². The van der Waals surface area contributed by atoms with Crippen molar-refractivity contribution in [2.45, 2.75) is 84.5 Å². The minimum absolute atomic E-state index is 0.0566. The van der Waals surface area contributed by atoms with Gasteiger partial charge in [-0.3, -0.25) is 0 Å². The molecule has 4 nitrogen and oxygen atoms in total. The van der Waals surface area contributed by atoms with E-state index < -0.39 is 5.97 Å². The summed E-state index contributed by atoms with van der Waals surface area (Å²) in [5.41, 5.74) is 0.831. The molecule has 0 saturated carbocycles. The van der Waals surface area contributed by atoms with Crippen molar-refractivity contribution in [2.75, 3.05) is 26.2 Å². The SMILES string of the molecule is CCCCCCCCCCCCN1C#C/C(C)=[N+](/CC(=O)[O-])CCC1. The van der Waals surface area contributed by atoms with Crippen LogP contribution in [-0.4, -0.2) is 47.3 Å². The number of rotatable bonds is 13. The minimum atomic E-state index is -1.04. The van der Waals surface area contributed by atoms with Gasteiger partial charge < -0.3 is 14.8 Å². The highest BCUT2D eigenvalue weighted by Gasteiger charge is 2.13. The Morgan fingerprint density at radius 3 is 2.28 bits per heavy atom. The van der Waals surface area contributed by atoms with Crippen LogP contribution < -0.4 is 5.11 Å². The maximum atomic E-state index is 10.8. The molecule has 1 rings (SSSR count). The Labute approximate surface area is 154 Å². The van der Waals surface area contributed by atoms with Gasteiger partial charge in [-0.15, -0.1) is 0 Å². The van der Waals surface area contributed by atoms with Crippen LogP contribution in [0, 0.1) is 12.0 Å². The Morgan fingerprint density at radius 2 is 1.68 bits per heavy atom. The van der Waals surface area contributed by atoms with Crippen molar-refractivity contribution in [3.63, 3.8) is 0 Å². The van der Waals surface area contributed by atoms with Gasteiger partial charge in [0.25, 0.3) is 0 Å². The number of aliphatic carboxylic acids is 1. The number of hydrogen-bond donors (Lipinski definition) is 0. The van der Waals surface area contributed by atoms with Crippen molar-refractivity contribution in [1.82, 2.24) is 4.90 Å². The van der Waals surface area contributed by atoms with Gasteiger partial charge in [0.05, 0.1) is 0 Å². The summed E-state index contributed by atoms with van der Waals surface area (Å²) in [7, 11) is 0. The van der Waals surface area contributed by atoms with Crippen LogP contribution >= 0.6 is 0 Å². The van der Waals surface area contributed by atoms with Crippen LogP contribution in [-0.2, 0) is 4.79 Å². The van der Waals surface area contributed by atoms with Crippen molar-refractivity contribution in [3.05, 3.63) is 0 Å². The minimum Gasteiger partial charge on any atom is -0.544 e. The maximum absolute atomic E-state index is 10.8. The number of hydrogen-bond acceptors (Lipinski definition) is 3. The van der Waals surface area contributed by atoms with E-state index in [0.717, 1.165) is 31.8 Å². The van der Waals surface area contributed by atoms with E-state index in [0.29, 0.717) is 0 Å². The van der Waals surface area contributed by atoms with Gasteiger partial charge in [0.15, 0.2) is 6.54 Å². The zero-order valence-electron chi connectivity index (χ0n) is 16.3. The maximum Gasteiger partial charge on any atom is 0.226 e. The van der Waals surface area contributed by atoms with Crippen LogP contribution in [0.5, 0.6) is 0 Å². The Morgan fingerprint density at radius 1 is 1.08 bits per heavy atom. The smallest absolute Gasteiger partial charge is 0.226 e. The second kappa shape index (κ2) is 13.8. The molecule has 0 aromatic heterocycles. The third kappa shape index (κ3) is 10.9. The quantitative estimate of drug-likeness (QED) is 0.292. The van der Waals surface area contributed by atoms with Crippen LogP contribution in [0.25, 0.3) is 0 Å². The van der Waals surface area contributed by atoms with E-state index >= 15 is 0 Å². The van der Waals surface area contributed by atoms with Crippen molar-refractivity contribution in [2.24, 2.45) is 0 Å². The first-order valence-electron chi connectivity index (χ1n) is 10.2. The van der Waals surface area contributed by atoms with Crippen LogP contribution in [0.2, 0.25) is 0 Å². The van der Waals surface area contributed by atoms with Crippen molar-refractivity contribution in [3.8, 4) is 12.0 Å². The van der Waals surface area contributed by atoms with Crippen molar-refractivity contribution < 1.29 is 14.5 Å². The standard InChI is InChI=1S/C21H36N2O2/c1-3-4-5-6-7-8-9-10-11-12-15-22-16-13-17-23(19-21(24)25)20(2)14-18-22/h3-13,15-17,19H2,1-2H3. The van der Waals surface area contributed by atoms with Gasteiger partial charge in [0.2, 0.25) is 5.71 Å². The molecule has 1 heterocycles. The van der Waals surface area contributed by atoms with Crippen molar-refractivity contribution >= 4 is 11.7 Å². The van der Waals surface area contributed by atoms with Crippen molar-refractivity contribution in [1.29, 1.82) is 0 Å². The molecule has 1 aliphatic rings. The number of carbonyl (C=O) groups excluding carboxylic acids is 1. The fourth-order valence-electron chi connectivity index (χ4n) is 3.23. The molecule has 0 unspecified atom stereocenters. The molecule has 0 radical (unpaired) electrons. The average Bonchev–Trinajstić information content (AvgIpc) is 2.57. The normalized spacial score (nSPS) is 17.6. The van der Waals surface area contributed by atoms with Crippen LogP contribution in [0.15, 0.2) is 0 Å². The van der Waals surface area contributed by atoms with E-state index in [-0.39, 0.29) is 6.54 Å².